The van der Waals surface area contributed by atoms with Gasteiger partial charge in [0.05, 0.1) is 31.1 Å². The molecule has 2 N–H and O–H groups in total. The number of ether oxygens (including phenoxy) is 1. The normalized spacial score (nSPS) is 22.3. The molecule has 5 atom stereocenters. The molecule has 11 nitrogen and oxygen atoms in total. The molecule has 3 fully saturated rings. The van der Waals surface area contributed by atoms with Gasteiger partial charge in [-0.3, -0.25) is 19.5 Å². The number of hydrogen-bond acceptors (Lipinski definition) is 7. The number of amides is 3. The molecule has 0 radical (unpaired) electrons. The van der Waals surface area contributed by atoms with Crippen LogP contribution >= 0.6 is 0 Å². The lowest BCUT2D eigenvalue weighted by Gasteiger charge is -2.35. The number of nitrogens with zero attached hydrogens (tertiary/aromatic N) is 5. The van der Waals surface area contributed by atoms with E-state index in [0.717, 1.165) is 116 Å². The number of imidazole rings is 1. The summed E-state index contributed by atoms with van der Waals surface area (Å²) in [5.41, 5.74) is 8.68. The standard InChI is InChI=1S/C47H55N7O4/c1-4-52(5-2)43(35-11-7-6-8-12-35)46(56)53-25-9-13-41(53)39-28-37(29-48-39)33-17-15-31(16-18-33)32-19-21-34(22-20-32)40-30-49-44(51-40)42-14-10-26-54(42)45(55)36-23-24-38(27-36)50-47(57)58-3/h6-8,11-12,15-22,29-30,36,38,41-43H,4-5,9-10,13-14,23-28H2,1-3H3,(H,49,51)(H,50,57)/t36-,38+,41-,42-,43?/m0/s1. The van der Waals surface area contributed by atoms with Crippen LogP contribution in [-0.2, 0) is 14.3 Å². The van der Waals surface area contributed by atoms with Gasteiger partial charge in [0, 0.05) is 43.4 Å². The molecule has 3 aliphatic heterocycles. The Bertz CT molecular complexity index is 2140. The molecule has 4 aromatic rings. The molecule has 8 rings (SSSR count). The van der Waals surface area contributed by atoms with E-state index in [1.807, 2.05) is 35.5 Å². The van der Waals surface area contributed by atoms with Crippen molar-refractivity contribution >= 4 is 29.2 Å². The highest BCUT2D eigenvalue weighted by molar-refractivity contribution is 6.03. The maximum absolute atomic E-state index is 14.2. The lowest BCUT2D eigenvalue weighted by atomic mass is 9.96. The van der Waals surface area contributed by atoms with Crippen LogP contribution < -0.4 is 5.32 Å². The van der Waals surface area contributed by atoms with Crippen molar-refractivity contribution in [2.75, 3.05) is 33.3 Å². The Morgan fingerprint density at radius 1 is 0.828 bits per heavy atom. The molecule has 1 aromatic heterocycles. The van der Waals surface area contributed by atoms with E-state index in [4.69, 9.17) is 14.7 Å². The molecule has 11 heteroatoms. The first-order valence-corrected chi connectivity index (χ1v) is 21.1. The largest absolute Gasteiger partial charge is 0.453 e. The van der Waals surface area contributed by atoms with Crippen LogP contribution in [0.3, 0.4) is 0 Å². The van der Waals surface area contributed by atoms with Gasteiger partial charge in [0.1, 0.15) is 11.9 Å². The first kappa shape index (κ1) is 39.3. The van der Waals surface area contributed by atoms with Crippen molar-refractivity contribution in [3.8, 4) is 22.4 Å². The summed E-state index contributed by atoms with van der Waals surface area (Å²) in [6, 6.07) is 27.0. The fourth-order valence-corrected chi connectivity index (χ4v) is 9.58. The molecule has 3 aromatic carbocycles. The number of hydrogen-bond donors (Lipinski definition) is 2. The van der Waals surface area contributed by atoms with Gasteiger partial charge in [0.15, 0.2) is 0 Å². The summed E-state index contributed by atoms with van der Waals surface area (Å²) in [5, 5.41) is 2.85. The minimum absolute atomic E-state index is 0.0227. The van der Waals surface area contributed by atoms with Crippen molar-refractivity contribution in [3.05, 3.63) is 108 Å². The minimum Gasteiger partial charge on any atom is -0.453 e. The minimum atomic E-state index is -0.445. The van der Waals surface area contributed by atoms with Crippen molar-refractivity contribution in [1.82, 2.24) is 30.0 Å². The molecule has 302 valence electrons. The van der Waals surface area contributed by atoms with Crippen molar-refractivity contribution in [1.29, 1.82) is 0 Å². The predicted molar refractivity (Wildman–Crippen MR) is 227 cm³/mol. The number of benzene rings is 3. The van der Waals surface area contributed by atoms with Gasteiger partial charge in [0.2, 0.25) is 11.8 Å². The zero-order chi connectivity index (χ0) is 40.2. The van der Waals surface area contributed by atoms with E-state index in [1.165, 1.54) is 12.7 Å². The molecular formula is C47H55N7O4. The zero-order valence-electron chi connectivity index (χ0n) is 33.9. The molecule has 4 aliphatic rings. The number of allylic oxidation sites excluding steroid dienone is 1. The van der Waals surface area contributed by atoms with Crippen molar-refractivity contribution in [2.24, 2.45) is 10.9 Å². The average molecular weight is 782 g/mol. The number of likely N-dealkylation sites (tertiary alicyclic amines) is 2. The van der Waals surface area contributed by atoms with Crippen molar-refractivity contribution in [2.45, 2.75) is 89.4 Å². The summed E-state index contributed by atoms with van der Waals surface area (Å²) in [6.45, 7) is 7.35. The molecule has 58 heavy (non-hydrogen) atoms. The fraction of sp³-hybridized carbons (Fsp3) is 0.426. The summed E-state index contributed by atoms with van der Waals surface area (Å²) in [5.74, 6) is 1.04. The first-order valence-electron chi connectivity index (χ1n) is 21.1. The van der Waals surface area contributed by atoms with E-state index in [1.54, 1.807) is 0 Å². The molecule has 1 aliphatic carbocycles. The number of methoxy groups -OCH3 is 1. The monoisotopic (exact) mass is 781 g/mol. The summed E-state index contributed by atoms with van der Waals surface area (Å²) < 4.78 is 4.75. The first-order chi connectivity index (χ1) is 28.3. The Morgan fingerprint density at radius 2 is 1.48 bits per heavy atom. The maximum Gasteiger partial charge on any atom is 0.407 e. The van der Waals surface area contributed by atoms with Gasteiger partial charge in [-0.25, -0.2) is 9.78 Å². The Hall–Kier alpha value is -5.55. The van der Waals surface area contributed by atoms with Gasteiger partial charge in [-0.05, 0) is 91.4 Å². The third kappa shape index (κ3) is 8.09. The summed E-state index contributed by atoms with van der Waals surface area (Å²) in [4.78, 5) is 59.0. The van der Waals surface area contributed by atoms with E-state index >= 15 is 0 Å². The topological polar surface area (TPSA) is 123 Å². The molecule has 3 amide bonds. The average Bonchev–Trinajstić information content (AvgIpc) is 4.12. The Morgan fingerprint density at radius 3 is 2.17 bits per heavy atom. The summed E-state index contributed by atoms with van der Waals surface area (Å²) >= 11 is 0. The van der Waals surface area contributed by atoms with Gasteiger partial charge >= 0.3 is 6.09 Å². The van der Waals surface area contributed by atoms with E-state index in [2.05, 4.69) is 94.6 Å². The lowest BCUT2D eigenvalue weighted by Crippen LogP contribution is -2.47. The molecule has 1 saturated carbocycles. The highest BCUT2D eigenvalue weighted by Crippen LogP contribution is 2.37. The van der Waals surface area contributed by atoms with Gasteiger partial charge in [-0.15, -0.1) is 0 Å². The summed E-state index contributed by atoms with van der Waals surface area (Å²) in [6.07, 6.45) is 10.1. The number of nitrogens with one attached hydrogen (secondary N) is 2. The van der Waals surface area contributed by atoms with Crippen LogP contribution in [0.2, 0.25) is 0 Å². The van der Waals surface area contributed by atoms with Crippen LogP contribution in [0.15, 0.2) is 96.3 Å². The molecule has 1 unspecified atom stereocenters. The lowest BCUT2D eigenvalue weighted by molar-refractivity contribution is -0.137. The number of H-pyrrole nitrogens is 1. The second kappa shape index (κ2) is 17.5. The van der Waals surface area contributed by atoms with Crippen LogP contribution in [0, 0.1) is 5.92 Å². The number of aromatic amines is 1. The van der Waals surface area contributed by atoms with Crippen LogP contribution in [0.25, 0.3) is 28.0 Å². The number of aromatic nitrogens is 2. The van der Waals surface area contributed by atoms with Crippen LogP contribution in [0.1, 0.15) is 94.2 Å². The van der Waals surface area contributed by atoms with Gasteiger partial charge in [-0.2, -0.15) is 0 Å². The number of aliphatic imine (C=N–C) groups is 1. The third-order valence-electron chi connectivity index (χ3n) is 12.7. The molecule has 0 spiro atoms. The fourth-order valence-electron chi connectivity index (χ4n) is 9.58. The smallest absolute Gasteiger partial charge is 0.407 e. The molecule has 4 heterocycles. The van der Waals surface area contributed by atoms with Gasteiger partial charge in [-0.1, -0.05) is 92.7 Å². The van der Waals surface area contributed by atoms with Crippen LogP contribution in [0.5, 0.6) is 0 Å². The number of rotatable bonds is 12. The van der Waals surface area contributed by atoms with E-state index in [0.29, 0.717) is 6.42 Å². The Balaban J connectivity index is 0.878. The van der Waals surface area contributed by atoms with Gasteiger partial charge in [0.25, 0.3) is 0 Å². The number of alkyl carbamates (subject to hydrolysis) is 1. The molecular weight excluding hydrogens is 727 g/mol. The Kier molecular flexibility index (Phi) is 11.9. The molecule has 0 bridgehead atoms. The second-order valence-corrected chi connectivity index (χ2v) is 16.0. The van der Waals surface area contributed by atoms with Crippen molar-refractivity contribution < 1.29 is 19.1 Å². The zero-order valence-corrected chi connectivity index (χ0v) is 33.9. The SMILES string of the molecule is CCN(CC)C(C(=O)N1CCC[C@H]1C1=NC=C(c2ccc(-c3ccc(-c4cnc([C@@H]5CCCN5C(=O)[C@H]5CC[C@@H](NC(=O)OC)C5)[nH]4)cc3)cc2)C1)c1ccccc1. The maximum atomic E-state index is 14.2. The third-order valence-corrected chi connectivity index (χ3v) is 12.7. The quantitative estimate of drug-likeness (QED) is 0.150. The van der Waals surface area contributed by atoms with Crippen molar-refractivity contribution in [3.63, 3.8) is 0 Å². The van der Waals surface area contributed by atoms with Crippen LogP contribution in [-0.4, -0.2) is 93.7 Å². The summed E-state index contributed by atoms with van der Waals surface area (Å²) in [7, 11) is 1.36. The number of carbonyl (C=O) groups excluding carboxylic acids is 3. The molecule has 2 saturated heterocycles. The second-order valence-electron chi connectivity index (χ2n) is 16.0. The number of likely N-dealkylation sites (N-methyl/N-ethyl adjacent to an activating group) is 1. The van der Waals surface area contributed by atoms with E-state index < -0.39 is 6.09 Å². The van der Waals surface area contributed by atoms with E-state index in [-0.39, 0.29) is 41.9 Å². The Labute approximate surface area is 341 Å². The van der Waals surface area contributed by atoms with E-state index in [9.17, 15) is 14.4 Å². The van der Waals surface area contributed by atoms with Crippen LogP contribution in [0.4, 0.5) is 4.79 Å². The van der Waals surface area contributed by atoms with Gasteiger partial charge < -0.3 is 24.8 Å². The highest BCUT2D eigenvalue weighted by atomic mass is 16.5. The highest BCUT2D eigenvalue weighted by Gasteiger charge is 2.40. The predicted octanol–water partition coefficient (Wildman–Crippen LogP) is 8.19. The number of carbonyl (C=O) groups is 3.